The molecule has 20 heavy (non-hydrogen) atoms. The number of rotatable bonds is 3. The second-order valence-electron chi connectivity index (χ2n) is 4.27. The van der Waals surface area contributed by atoms with Crippen molar-refractivity contribution in [3.8, 4) is 11.1 Å². The van der Waals surface area contributed by atoms with Gasteiger partial charge in [-0.3, -0.25) is 4.98 Å². The first-order valence-electron chi connectivity index (χ1n) is 6.34. The zero-order valence-corrected chi connectivity index (χ0v) is 11.0. The van der Waals surface area contributed by atoms with Gasteiger partial charge in [-0.1, -0.05) is 12.1 Å². The molecule has 0 saturated carbocycles. The largest absolute Gasteiger partial charge is 0.462 e. The Morgan fingerprint density at radius 1 is 1.25 bits per heavy atom. The lowest BCUT2D eigenvalue weighted by Gasteiger charge is -2.03. The van der Waals surface area contributed by atoms with Gasteiger partial charge >= 0.3 is 5.97 Å². The Morgan fingerprint density at radius 2 is 2.15 bits per heavy atom. The number of pyridine rings is 2. The van der Waals surface area contributed by atoms with Gasteiger partial charge in [0.2, 0.25) is 0 Å². The summed E-state index contributed by atoms with van der Waals surface area (Å²) in [6.45, 7) is 2.13. The molecule has 0 N–H and O–H groups in total. The Hall–Kier alpha value is -2.69. The lowest BCUT2D eigenvalue weighted by Crippen LogP contribution is -2.03. The summed E-state index contributed by atoms with van der Waals surface area (Å²) < 4.78 is 6.68. The van der Waals surface area contributed by atoms with Gasteiger partial charge in [0.15, 0.2) is 0 Å². The van der Waals surface area contributed by atoms with Gasteiger partial charge in [0, 0.05) is 29.7 Å². The third-order valence-corrected chi connectivity index (χ3v) is 3.01. The Labute approximate surface area is 115 Å². The number of ether oxygens (including phenoxy) is 1. The van der Waals surface area contributed by atoms with E-state index in [1.165, 1.54) is 6.20 Å². The monoisotopic (exact) mass is 267 g/mol. The molecular weight excluding hydrogens is 254 g/mol. The molecule has 0 aliphatic carbocycles. The van der Waals surface area contributed by atoms with Gasteiger partial charge in [0.05, 0.1) is 18.3 Å². The molecule has 0 radical (unpaired) electrons. The standard InChI is InChI=1S/C15H13N3O2/c1-2-20-15(19)13-9-17-18-10-12(5-6-14(13)18)11-4-3-7-16-8-11/h3-10H,2H2,1H3. The molecule has 100 valence electrons. The molecule has 5 nitrogen and oxygen atoms in total. The van der Waals surface area contributed by atoms with Gasteiger partial charge < -0.3 is 4.74 Å². The highest BCUT2D eigenvalue weighted by Gasteiger charge is 2.13. The first-order chi connectivity index (χ1) is 9.79. The minimum Gasteiger partial charge on any atom is -0.462 e. The van der Waals surface area contributed by atoms with Gasteiger partial charge in [-0.2, -0.15) is 5.10 Å². The third-order valence-electron chi connectivity index (χ3n) is 3.01. The lowest BCUT2D eigenvalue weighted by molar-refractivity contribution is 0.0528. The van der Waals surface area contributed by atoms with Gasteiger partial charge in [0.25, 0.3) is 0 Å². The minimum absolute atomic E-state index is 0.350. The molecule has 0 spiro atoms. The van der Waals surface area contributed by atoms with Crippen LogP contribution in [0.1, 0.15) is 17.3 Å². The Bertz CT molecular complexity index is 750. The van der Waals surface area contributed by atoms with Crippen molar-refractivity contribution in [2.75, 3.05) is 6.61 Å². The van der Waals surface area contributed by atoms with Crippen LogP contribution in [0.2, 0.25) is 0 Å². The summed E-state index contributed by atoms with van der Waals surface area (Å²) in [5.41, 5.74) is 3.20. The number of hydrogen-bond acceptors (Lipinski definition) is 4. The number of esters is 1. The van der Waals surface area contributed by atoms with Crippen LogP contribution in [0, 0.1) is 0 Å². The molecule has 0 aromatic carbocycles. The number of carbonyl (C=O) groups is 1. The molecule has 0 aliphatic rings. The molecule has 3 aromatic rings. The smallest absolute Gasteiger partial charge is 0.341 e. The summed E-state index contributed by atoms with van der Waals surface area (Å²) in [4.78, 5) is 15.9. The topological polar surface area (TPSA) is 56.5 Å². The highest BCUT2D eigenvalue weighted by molar-refractivity contribution is 5.96. The highest BCUT2D eigenvalue weighted by Crippen LogP contribution is 2.20. The van der Waals surface area contributed by atoms with Gasteiger partial charge in [-0.15, -0.1) is 0 Å². The normalized spacial score (nSPS) is 10.7. The van der Waals surface area contributed by atoms with E-state index < -0.39 is 0 Å². The average molecular weight is 267 g/mol. The molecule has 3 heterocycles. The number of carbonyl (C=O) groups excluding carboxylic acids is 1. The van der Waals surface area contributed by atoms with Crippen LogP contribution in [0.4, 0.5) is 0 Å². The molecule has 0 amide bonds. The van der Waals surface area contributed by atoms with Crippen LogP contribution < -0.4 is 0 Å². The van der Waals surface area contributed by atoms with Gasteiger partial charge in [-0.25, -0.2) is 9.31 Å². The summed E-state index contributed by atoms with van der Waals surface area (Å²) in [7, 11) is 0. The summed E-state index contributed by atoms with van der Waals surface area (Å²) >= 11 is 0. The van der Waals surface area contributed by atoms with Gasteiger partial charge in [0.1, 0.15) is 5.56 Å². The Morgan fingerprint density at radius 3 is 2.90 bits per heavy atom. The second-order valence-corrected chi connectivity index (χ2v) is 4.27. The Kier molecular flexibility index (Phi) is 3.16. The van der Waals surface area contributed by atoms with E-state index in [-0.39, 0.29) is 5.97 Å². The van der Waals surface area contributed by atoms with Crippen LogP contribution in [-0.4, -0.2) is 27.2 Å². The van der Waals surface area contributed by atoms with Crippen molar-refractivity contribution >= 4 is 11.5 Å². The lowest BCUT2D eigenvalue weighted by atomic mass is 10.1. The fourth-order valence-electron chi connectivity index (χ4n) is 2.05. The summed E-state index contributed by atoms with van der Waals surface area (Å²) in [5, 5.41) is 4.20. The maximum atomic E-state index is 11.8. The van der Waals surface area contributed by atoms with E-state index in [1.54, 1.807) is 23.8 Å². The van der Waals surface area contributed by atoms with Crippen molar-refractivity contribution in [2.45, 2.75) is 6.92 Å². The van der Waals surface area contributed by atoms with Gasteiger partial charge in [-0.05, 0) is 19.1 Å². The highest BCUT2D eigenvalue weighted by atomic mass is 16.5. The number of fused-ring (bicyclic) bond motifs is 1. The van der Waals surface area contributed by atoms with Crippen molar-refractivity contribution < 1.29 is 9.53 Å². The van der Waals surface area contributed by atoms with Crippen LogP contribution in [-0.2, 0) is 4.74 Å². The number of nitrogens with zero attached hydrogens (tertiary/aromatic N) is 3. The maximum Gasteiger partial charge on any atom is 0.341 e. The van der Waals surface area contributed by atoms with Crippen molar-refractivity contribution in [1.29, 1.82) is 0 Å². The minimum atomic E-state index is -0.350. The fraction of sp³-hybridized carbons (Fsp3) is 0.133. The maximum absolute atomic E-state index is 11.8. The molecule has 3 aromatic heterocycles. The molecule has 0 fully saturated rings. The molecular formula is C15H13N3O2. The van der Waals surface area contributed by atoms with Crippen molar-refractivity contribution in [3.63, 3.8) is 0 Å². The SMILES string of the molecule is CCOC(=O)c1cnn2cc(-c3cccnc3)ccc12. The molecule has 0 atom stereocenters. The molecule has 0 unspecified atom stereocenters. The zero-order valence-electron chi connectivity index (χ0n) is 11.0. The molecule has 5 heteroatoms. The van der Waals surface area contributed by atoms with E-state index in [0.29, 0.717) is 12.2 Å². The van der Waals surface area contributed by atoms with Crippen LogP contribution in [0.5, 0.6) is 0 Å². The molecule has 0 aliphatic heterocycles. The summed E-state index contributed by atoms with van der Waals surface area (Å²) in [6, 6.07) is 7.66. The van der Waals surface area contributed by atoms with E-state index >= 15 is 0 Å². The molecule has 0 bridgehead atoms. The summed E-state index contributed by atoms with van der Waals surface area (Å²) in [5.74, 6) is -0.350. The quantitative estimate of drug-likeness (QED) is 0.684. The number of hydrogen-bond donors (Lipinski definition) is 0. The predicted octanol–water partition coefficient (Wildman–Crippen LogP) is 2.57. The first kappa shape index (κ1) is 12.3. The van der Waals surface area contributed by atoms with E-state index in [1.807, 2.05) is 30.5 Å². The zero-order chi connectivity index (χ0) is 13.9. The second kappa shape index (κ2) is 5.13. The van der Waals surface area contributed by atoms with Crippen LogP contribution in [0.25, 0.3) is 16.6 Å². The van der Waals surface area contributed by atoms with Crippen molar-refractivity contribution in [3.05, 3.63) is 54.6 Å². The average Bonchev–Trinajstić information content (AvgIpc) is 2.91. The summed E-state index contributed by atoms with van der Waals surface area (Å²) in [6.07, 6.45) is 6.92. The Balaban J connectivity index is 2.04. The third kappa shape index (κ3) is 2.14. The van der Waals surface area contributed by atoms with Crippen molar-refractivity contribution in [1.82, 2.24) is 14.6 Å². The van der Waals surface area contributed by atoms with E-state index in [0.717, 1.165) is 16.6 Å². The van der Waals surface area contributed by atoms with E-state index in [2.05, 4.69) is 10.1 Å². The predicted molar refractivity (Wildman–Crippen MR) is 74.4 cm³/mol. The van der Waals surface area contributed by atoms with Crippen LogP contribution >= 0.6 is 0 Å². The fourth-order valence-corrected chi connectivity index (χ4v) is 2.05. The van der Waals surface area contributed by atoms with Crippen molar-refractivity contribution in [2.24, 2.45) is 0 Å². The van der Waals surface area contributed by atoms with Crippen LogP contribution in [0.3, 0.4) is 0 Å². The number of aromatic nitrogens is 3. The van der Waals surface area contributed by atoms with E-state index in [4.69, 9.17) is 4.74 Å². The first-order valence-corrected chi connectivity index (χ1v) is 6.34. The van der Waals surface area contributed by atoms with E-state index in [9.17, 15) is 4.79 Å². The molecule has 0 saturated heterocycles. The van der Waals surface area contributed by atoms with Crippen LogP contribution in [0.15, 0.2) is 49.1 Å². The molecule has 3 rings (SSSR count).